The normalized spacial score (nSPS) is 20.6. The molecule has 0 aromatic carbocycles. The van der Waals surface area contributed by atoms with Gasteiger partial charge < -0.3 is 5.73 Å². The summed E-state index contributed by atoms with van der Waals surface area (Å²) in [5, 5.41) is 4.34. The standard InChI is InChI=1S/C11H19N3/c1-9(2)14-10(5-8-13-14)11(12)6-3-4-7-11/h5,8-9H,3-4,6-7,12H2,1-2H3. The highest BCUT2D eigenvalue weighted by atomic mass is 15.3. The van der Waals surface area contributed by atoms with E-state index in [1.807, 2.05) is 6.20 Å². The molecular weight excluding hydrogens is 174 g/mol. The summed E-state index contributed by atoms with van der Waals surface area (Å²) in [7, 11) is 0. The lowest BCUT2D eigenvalue weighted by molar-refractivity contribution is 0.388. The number of hydrogen-bond acceptors (Lipinski definition) is 2. The van der Waals surface area contributed by atoms with E-state index >= 15 is 0 Å². The van der Waals surface area contributed by atoms with Crippen LogP contribution in [0.25, 0.3) is 0 Å². The highest BCUT2D eigenvalue weighted by Gasteiger charge is 2.34. The molecule has 0 radical (unpaired) electrons. The first-order valence-corrected chi connectivity index (χ1v) is 5.46. The quantitative estimate of drug-likeness (QED) is 0.782. The van der Waals surface area contributed by atoms with Gasteiger partial charge in [0.2, 0.25) is 0 Å². The Balaban J connectivity index is 2.35. The Labute approximate surface area is 85.3 Å². The zero-order chi connectivity index (χ0) is 10.2. The molecule has 1 aliphatic rings. The van der Waals surface area contributed by atoms with Crippen molar-refractivity contribution in [3.05, 3.63) is 18.0 Å². The monoisotopic (exact) mass is 193 g/mol. The average molecular weight is 193 g/mol. The van der Waals surface area contributed by atoms with E-state index in [-0.39, 0.29) is 5.54 Å². The van der Waals surface area contributed by atoms with Gasteiger partial charge in [0, 0.05) is 12.2 Å². The molecule has 0 spiro atoms. The summed E-state index contributed by atoms with van der Waals surface area (Å²) in [5.41, 5.74) is 7.51. The molecule has 0 unspecified atom stereocenters. The lowest BCUT2D eigenvalue weighted by atomic mass is 9.94. The van der Waals surface area contributed by atoms with Gasteiger partial charge >= 0.3 is 0 Å². The molecule has 2 rings (SSSR count). The minimum atomic E-state index is -0.110. The smallest absolute Gasteiger partial charge is 0.0585 e. The van der Waals surface area contributed by atoms with Gasteiger partial charge in [0.25, 0.3) is 0 Å². The molecule has 1 heterocycles. The molecule has 1 aromatic heterocycles. The maximum Gasteiger partial charge on any atom is 0.0585 e. The number of nitrogens with two attached hydrogens (primary N) is 1. The molecule has 1 aromatic rings. The maximum atomic E-state index is 6.40. The Morgan fingerprint density at radius 1 is 1.43 bits per heavy atom. The first-order chi connectivity index (χ1) is 6.63. The van der Waals surface area contributed by atoms with E-state index < -0.39 is 0 Å². The summed E-state index contributed by atoms with van der Waals surface area (Å²) in [5.74, 6) is 0. The van der Waals surface area contributed by atoms with Gasteiger partial charge in [-0.3, -0.25) is 4.68 Å². The molecule has 2 N–H and O–H groups in total. The van der Waals surface area contributed by atoms with Gasteiger partial charge in [-0.15, -0.1) is 0 Å². The zero-order valence-corrected chi connectivity index (χ0v) is 9.03. The van der Waals surface area contributed by atoms with E-state index in [1.165, 1.54) is 18.5 Å². The van der Waals surface area contributed by atoms with Crippen LogP contribution in [0.5, 0.6) is 0 Å². The summed E-state index contributed by atoms with van der Waals surface area (Å²) < 4.78 is 2.06. The third-order valence-corrected chi connectivity index (χ3v) is 3.17. The van der Waals surface area contributed by atoms with Crippen LogP contribution in [0.3, 0.4) is 0 Å². The average Bonchev–Trinajstić information content (AvgIpc) is 2.71. The van der Waals surface area contributed by atoms with Crippen molar-refractivity contribution in [1.82, 2.24) is 9.78 Å². The predicted molar refractivity (Wildman–Crippen MR) is 56.9 cm³/mol. The van der Waals surface area contributed by atoms with Crippen molar-refractivity contribution in [2.75, 3.05) is 0 Å². The first kappa shape index (κ1) is 9.71. The second-order valence-electron chi connectivity index (χ2n) is 4.62. The molecule has 0 aliphatic heterocycles. The van der Waals surface area contributed by atoms with Gasteiger partial charge in [-0.2, -0.15) is 5.10 Å². The highest BCUT2D eigenvalue weighted by Crippen LogP contribution is 2.36. The SMILES string of the molecule is CC(C)n1nccc1C1(N)CCCC1. The number of aromatic nitrogens is 2. The summed E-state index contributed by atoms with van der Waals surface area (Å²) >= 11 is 0. The first-order valence-electron chi connectivity index (χ1n) is 5.46. The van der Waals surface area contributed by atoms with Gasteiger partial charge in [0.05, 0.1) is 11.2 Å². The third-order valence-electron chi connectivity index (χ3n) is 3.17. The fraction of sp³-hybridized carbons (Fsp3) is 0.727. The Kier molecular flexibility index (Phi) is 2.35. The van der Waals surface area contributed by atoms with Crippen LogP contribution in [-0.2, 0) is 5.54 Å². The minimum Gasteiger partial charge on any atom is -0.320 e. The Bertz CT molecular complexity index is 308. The lowest BCUT2D eigenvalue weighted by Crippen LogP contribution is -2.36. The predicted octanol–water partition coefficient (Wildman–Crippen LogP) is 2.19. The van der Waals surface area contributed by atoms with Crippen LogP contribution in [0.15, 0.2) is 12.3 Å². The fourth-order valence-electron chi connectivity index (χ4n) is 2.38. The zero-order valence-electron chi connectivity index (χ0n) is 9.03. The van der Waals surface area contributed by atoms with Crippen molar-refractivity contribution >= 4 is 0 Å². The molecule has 1 aliphatic carbocycles. The van der Waals surface area contributed by atoms with Crippen LogP contribution >= 0.6 is 0 Å². The van der Waals surface area contributed by atoms with E-state index in [2.05, 4.69) is 29.7 Å². The van der Waals surface area contributed by atoms with Crippen LogP contribution in [0.1, 0.15) is 51.3 Å². The molecule has 0 bridgehead atoms. The van der Waals surface area contributed by atoms with E-state index in [9.17, 15) is 0 Å². The molecule has 3 nitrogen and oxygen atoms in total. The lowest BCUT2D eigenvalue weighted by Gasteiger charge is -2.26. The van der Waals surface area contributed by atoms with Gasteiger partial charge in [-0.25, -0.2) is 0 Å². The molecule has 3 heteroatoms. The van der Waals surface area contributed by atoms with Crippen molar-refractivity contribution in [2.45, 2.75) is 51.1 Å². The van der Waals surface area contributed by atoms with E-state index in [4.69, 9.17) is 5.73 Å². The second-order valence-corrected chi connectivity index (χ2v) is 4.62. The highest BCUT2D eigenvalue weighted by molar-refractivity contribution is 5.16. The Morgan fingerprint density at radius 3 is 2.64 bits per heavy atom. The Hall–Kier alpha value is -0.830. The molecule has 0 amide bonds. The molecule has 0 saturated heterocycles. The molecule has 78 valence electrons. The summed E-state index contributed by atoms with van der Waals surface area (Å²) in [6.07, 6.45) is 6.57. The maximum absolute atomic E-state index is 6.40. The van der Waals surface area contributed by atoms with Crippen LogP contribution in [0.4, 0.5) is 0 Å². The van der Waals surface area contributed by atoms with E-state index in [0.29, 0.717) is 6.04 Å². The number of nitrogens with zero attached hydrogens (tertiary/aromatic N) is 2. The van der Waals surface area contributed by atoms with Crippen LogP contribution in [0, 0.1) is 0 Å². The molecule has 14 heavy (non-hydrogen) atoms. The van der Waals surface area contributed by atoms with Gasteiger partial charge in [-0.1, -0.05) is 12.8 Å². The van der Waals surface area contributed by atoms with Gasteiger partial charge in [-0.05, 0) is 32.8 Å². The van der Waals surface area contributed by atoms with Gasteiger partial charge in [0.15, 0.2) is 0 Å². The van der Waals surface area contributed by atoms with Crippen LogP contribution in [0.2, 0.25) is 0 Å². The van der Waals surface area contributed by atoms with Crippen molar-refractivity contribution in [3.63, 3.8) is 0 Å². The summed E-state index contributed by atoms with van der Waals surface area (Å²) in [4.78, 5) is 0. The van der Waals surface area contributed by atoms with E-state index in [0.717, 1.165) is 12.8 Å². The summed E-state index contributed by atoms with van der Waals surface area (Å²) in [6, 6.07) is 2.48. The molecule has 1 saturated carbocycles. The number of rotatable bonds is 2. The minimum absolute atomic E-state index is 0.110. The molecule has 0 atom stereocenters. The summed E-state index contributed by atoms with van der Waals surface area (Å²) in [6.45, 7) is 4.30. The largest absolute Gasteiger partial charge is 0.320 e. The molecule has 1 fully saturated rings. The third kappa shape index (κ3) is 1.46. The molecular formula is C11H19N3. The van der Waals surface area contributed by atoms with Crippen molar-refractivity contribution in [1.29, 1.82) is 0 Å². The Morgan fingerprint density at radius 2 is 2.07 bits per heavy atom. The van der Waals surface area contributed by atoms with E-state index in [1.54, 1.807) is 0 Å². The topological polar surface area (TPSA) is 43.8 Å². The second kappa shape index (κ2) is 3.39. The van der Waals surface area contributed by atoms with Crippen molar-refractivity contribution in [2.24, 2.45) is 5.73 Å². The number of hydrogen-bond donors (Lipinski definition) is 1. The van der Waals surface area contributed by atoms with Gasteiger partial charge in [0.1, 0.15) is 0 Å². The van der Waals surface area contributed by atoms with Crippen LogP contribution < -0.4 is 5.73 Å². The van der Waals surface area contributed by atoms with Crippen molar-refractivity contribution in [3.8, 4) is 0 Å². The van der Waals surface area contributed by atoms with Crippen LogP contribution in [-0.4, -0.2) is 9.78 Å². The van der Waals surface area contributed by atoms with Crippen molar-refractivity contribution < 1.29 is 0 Å². The fourth-order valence-corrected chi connectivity index (χ4v) is 2.38.